The first-order chi connectivity index (χ1) is 7.20. The average molecular weight is 213 g/mol. The second-order valence-corrected chi connectivity index (χ2v) is 4.49. The van der Waals surface area contributed by atoms with E-state index in [9.17, 15) is 4.79 Å². The van der Waals surface area contributed by atoms with Crippen molar-refractivity contribution in [3.05, 3.63) is 0 Å². The Labute approximate surface area is 90.3 Å². The van der Waals surface area contributed by atoms with Crippen LogP contribution in [-0.2, 0) is 14.3 Å². The topological polar surface area (TPSA) is 47.6 Å². The maximum absolute atomic E-state index is 10.9. The summed E-state index contributed by atoms with van der Waals surface area (Å²) in [6.07, 6.45) is 5.65. The molecule has 1 N–H and O–H groups in total. The van der Waals surface area contributed by atoms with Crippen molar-refractivity contribution in [1.29, 1.82) is 0 Å². The SMILES string of the molecule is CC(=O)NC1COC2(CCCCC2)OC1. The first kappa shape index (κ1) is 10.9. The van der Waals surface area contributed by atoms with Crippen molar-refractivity contribution in [2.45, 2.75) is 50.9 Å². The van der Waals surface area contributed by atoms with Crippen LogP contribution in [0.4, 0.5) is 0 Å². The van der Waals surface area contributed by atoms with Crippen LogP contribution in [0.3, 0.4) is 0 Å². The fourth-order valence-corrected chi connectivity index (χ4v) is 2.34. The lowest BCUT2D eigenvalue weighted by atomic mass is 9.93. The van der Waals surface area contributed by atoms with E-state index in [1.54, 1.807) is 0 Å². The predicted molar refractivity (Wildman–Crippen MR) is 55.3 cm³/mol. The molecule has 1 aliphatic heterocycles. The van der Waals surface area contributed by atoms with Crippen LogP contribution < -0.4 is 5.32 Å². The maximum Gasteiger partial charge on any atom is 0.217 e. The van der Waals surface area contributed by atoms with Gasteiger partial charge >= 0.3 is 0 Å². The number of carbonyl (C=O) groups is 1. The second kappa shape index (κ2) is 4.49. The lowest BCUT2D eigenvalue weighted by molar-refractivity contribution is -0.286. The molecule has 1 saturated carbocycles. The third kappa shape index (κ3) is 2.69. The summed E-state index contributed by atoms with van der Waals surface area (Å²) >= 11 is 0. The Balaban J connectivity index is 1.82. The van der Waals surface area contributed by atoms with Gasteiger partial charge in [0.2, 0.25) is 5.91 Å². The molecular formula is C11H19NO3. The summed E-state index contributed by atoms with van der Waals surface area (Å²) in [4.78, 5) is 10.9. The summed E-state index contributed by atoms with van der Waals surface area (Å²) < 4.78 is 11.6. The maximum atomic E-state index is 10.9. The standard InChI is InChI=1S/C11H19NO3/c1-9(13)12-10-7-14-11(15-8-10)5-3-2-4-6-11/h10H,2-8H2,1H3,(H,12,13). The van der Waals surface area contributed by atoms with Crippen LogP contribution in [0.5, 0.6) is 0 Å². The molecule has 1 heterocycles. The largest absolute Gasteiger partial charge is 0.349 e. The van der Waals surface area contributed by atoms with Crippen molar-refractivity contribution in [2.75, 3.05) is 13.2 Å². The number of hydrogen-bond acceptors (Lipinski definition) is 3. The zero-order chi connectivity index (χ0) is 10.7. The first-order valence-corrected chi connectivity index (χ1v) is 5.75. The van der Waals surface area contributed by atoms with E-state index >= 15 is 0 Å². The van der Waals surface area contributed by atoms with Gasteiger partial charge in [-0.15, -0.1) is 0 Å². The van der Waals surface area contributed by atoms with Gasteiger partial charge in [0, 0.05) is 19.8 Å². The van der Waals surface area contributed by atoms with Crippen molar-refractivity contribution >= 4 is 5.91 Å². The molecule has 0 radical (unpaired) electrons. The fraction of sp³-hybridized carbons (Fsp3) is 0.909. The van der Waals surface area contributed by atoms with E-state index in [1.807, 2.05) is 0 Å². The van der Waals surface area contributed by atoms with Crippen LogP contribution >= 0.6 is 0 Å². The monoisotopic (exact) mass is 213 g/mol. The van der Waals surface area contributed by atoms with Gasteiger partial charge in [0.1, 0.15) is 0 Å². The van der Waals surface area contributed by atoms with Crippen LogP contribution in [-0.4, -0.2) is 30.9 Å². The number of hydrogen-bond donors (Lipinski definition) is 1. The molecule has 0 bridgehead atoms. The molecule has 0 aromatic heterocycles. The van der Waals surface area contributed by atoms with E-state index in [4.69, 9.17) is 9.47 Å². The highest BCUT2D eigenvalue weighted by Gasteiger charge is 2.38. The Kier molecular flexibility index (Phi) is 3.26. The Morgan fingerprint density at radius 3 is 2.33 bits per heavy atom. The summed E-state index contributed by atoms with van der Waals surface area (Å²) in [5, 5.41) is 2.81. The molecule has 0 unspecified atom stereocenters. The predicted octanol–water partition coefficient (Wildman–Crippen LogP) is 1.20. The number of ether oxygens (including phenoxy) is 2. The summed E-state index contributed by atoms with van der Waals surface area (Å²) in [5.41, 5.74) is 0. The molecule has 1 aliphatic carbocycles. The van der Waals surface area contributed by atoms with Crippen molar-refractivity contribution in [3.8, 4) is 0 Å². The van der Waals surface area contributed by atoms with Gasteiger partial charge in [0.25, 0.3) is 0 Å². The number of carbonyl (C=O) groups excluding carboxylic acids is 1. The molecular weight excluding hydrogens is 194 g/mol. The molecule has 0 aromatic carbocycles. The Hall–Kier alpha value is -0.610. The molecule has 2 rings (SSSR count). The fourth-order valence-electron chi connectivity index (χ4n) is 2.34. The van der Waals surface area contributed by atoms with E-state index in [-0.39, 0.29) is 17.7 Å². The third-order valence-corrected chi connectivity index (χ3v) is 3.12. The molecule has 0 atom stereocenters. The molecule has 4 nitrogen and oxygen atoms in total. The molecule has 1 amide bonds. The number of amides is 1. The van der Waals surface area contributed by atoms with E-state index in [0.717, 1.165) is 12.8 Å². The second-order valence-electron chi connectivity index (χ2n) is 4.49. The van der Waals surface area contributed by atoms with E-state index in [0.29, 0.717) is 13.2 Å². The van der Waals surface area contributed by atoms with Crippen LogP contribution in [0, 0.1) is 0 Å². The van der Waals surface area contributed by atoms with Crippen LogP contribution in [0.15, 0.2) is 0 Å². The summed E-state index contributed by atoms with van der Waals surface area (Å²) in [7, 11) is 0. The minimum Gasteiger partial charge on any atom is -0.349 e. The smallest absolute Gasteiger partial charge is 0.217 e. The van der Waals surface area contributed by atoms with Crippen molar-refractivity contribution in [2.24, 2.45) is 0 Å². The summed E-state index contributed by atoms with van der Waals surface area (Å²) in [6, 6.07) is 0.0232. The average Bonchev–Trinajstić information content (AvgIpc) is 2.23. The van der Waals surface area contributed by atoms with Gasteiger partial charge in [-0.1, -0.05) is 6.42 Å². The van der Waals surface area contributed by atoms with Gasteiger partial charge in [-0.05, 0) is 12.8 Å². The normalized spacial score (nSPS) is 26.5. The molecule has 2 fully saturated rings. The van der Waals surface area contributed by atoms with Crippen LogP contribution in [0.2, 0.25) is 0 Å². The van der Waals surface area contributed by atoms with Crippen molar-refractivity contribution in [3.63, 3.8) is 0 Å². The van der Waals surface area contributed by atoms with Gasteiger partial charge < -0.3 is 14.8 Å². The van der Waals surface area contributed by atoms with E-state index in [1.165, 1.54) is 26.2 Å². The molecule has 2 aliphatic rings. The zero-order valence-corrected chi connectivity index (χ0v) is 9.25. The first-order valence-electron chi connectivity index (χ1n) is 5.75. The van der Waals surface area contributed by atoms with Crippen LogP contribution in [0.25, 0.3) is 0 Å². The van der Waals surface area contributed by atoms with Gasteiger partial charge in [-0.2, -0.15) is 0 Å². The Morgan fingerprint density at radius 2 is 1.80 bits per heavy atom. The molecule has 1 spiro atoms. The lowest BCUT2D eigenvalue weighted by Crippen LogP contribution is -2.52. The van der Waals surface area contributed by atoms with Crippen molar-refractivity contribution < 1.29 is 14.3 Å². The quantitative estimate of drug-likeness (QED) is 0.712. The van der Waals surface area contributed by atoms with Crippen LogP contribution in [0.1, 0.15) is 39.0 Å². The molecule has 0 aromatic rings. The molecule has 15 heavy (non-hydrogen) atoms. The van der Waals surface area contributed by atoms with E-state index in [2.05, 4.69) is 5.32 Å². The van der Waals surface area contributed by atoms with Gasteiger partial charge in [0.15, 0.2) is 5.79 Å². The molecule has 1 saturated heterocycles. The minimum atomic E-state index is -0.326. The zero-order valence-electron chi connectivity index (χ0n) is 9.25. The van der Waals surface area contributed by atoms with E-state index < -0.39 is 0 Å². The minimum absolute atomic E-state index is 0.0215. The number of nitrogens with one attached hydrogen (secondary N) is 1. The Bertz CT molecular complexity index is 226. The molecule has 86 valence electrons. The highest BCUT2D eigenvalue weighted by molar-refractivity contribution is 5.73. The number of rotatable bonds is 1. The third-order valence-electron chi connectivity index (χ3n) is 3.12. The van der Waals surface area contributed by atoms with Crippen molar-refractivity contribution in [1.82, 2.24) is 5.32 Å². The summed E-state index contributed by atoms with van der Waals surface area (Å²) in [6.45, 7) is 2.68. The highest BCUT2D eigenvalue weighted by atomic mass is 16.7. The van der Waals surface area contributed by atoms with Gasteiger partial charge in [-0.25, -0.2) is 0 Å². The van der Waals surface area contributed by atoms with Gasteiger partial charge in [0.05, 0.1) is 19.3 Å². The van der Waals surface area contributed by atoms with Gasteiger partial charge in [-0.3, -0.25) is 4.79 Å². The Morgan fingerprint density at radius 1 is 1.20 bits per heavy atom. The molecule has 4 heteroatoms. The lowest BCUT2D eigenvalue weighted by Gasteiger charge is -2.42. The highest BCUT2D eigenvalue weighted by Crippen LogP contribution is 2.34. The summed E-state index contributed by atoms with van der Waals surface area (Å²) in [5.74, 6) is -0.348.